The van der Waals surface area contributed by atoms with Crippen molar-refractivity contribution in [1.29, 1.82) is 0 Å². The largest absolute Gasteiger partial charge is 0.392 e. The molecule has 0 amide bonds. The van der Waals surface area contributed by atoms with Gasteiger partial charge in [0, 0.05) is 30.4 Å². The lowest BCUT2D eigenvalue weighted by Gasteiger charge is -2.20. The van der Waals surface area contributed by atoms with Gasteiger partial charge < -0.3 is 10.0 Å². The molecule has 120 valence electrons. The second kappa shape index (κ2) is 6.43. The molecular formula is C13H24N4O3S. The Morgan fingerprint density at radius 3 is 2.81 bits per heavy atom. The molecule has 0 radical (unpaired) electrons. The van der Waals surface area contributed by atoms with Crippen LogP contribution in [0.25, 0.3) is 0 Å². The molecule has 0 aromatic carbocycles. The van der Waals surface area contributed by atoms with Gasteiger partial charge in [-0.3, -0.25) is 5.10 Å². The summed E-state index contributed by atoms with van der Waals surface area (Å²) in [7, 11) is -3.68. The monoisotopic (exact) mass is 316 g/mol. The molecular weight excluding hydrogens is 292 g/mol. The van der Waals surface area contributed by atoms with E-state index in [1.54, 1.807) is 6.92 Å². The minimum absolute atomic E-state index is 0.0961. The lowest BCUT2D eigenvalue weighted by Crippen LogP contribution is -2.33. The Bertz CT molecular complexity index is 582. The lowest BCUT2D eigenvalue weighted by atomic mass is 10.1. The molecule has 0 spiro atoms. The fourth-order valence-electron chi connectivity index (χ4n) is 2.63. The van der Waals surface area contributed by atoms with E-state index in [4.69, 9.17) is 0 Å². The Morgan fingerprint density at radius 2 is 2.24 bits per heavy atom. The van der Waals surface area contributed by atoms with Gasteiger partial charge >= 0.3 is 0 Å². The fraction of sp³-hybridized carbons (Fsp3) is 0.769. The van der Waals surface area contributed by atoms with Gasteiger partial charge in [0.25, 0.3) is 10.0 Å². The molecule has 2 rings (SSSR count). The van der Waals surface area contributed by atoms with Crippen LogP contribution in [0.5, 0.6) is 0 Å². The standard InChI is InChI=1S/C13H24N4O3S/c1-9(2)17-5-4-11(7-17)6-14-21(19,20)13-12(8-18)10(3)15-16-13/h9,11,14,18H,4-8H2,1-3H3,(H,15,16). The maximum atomic E-state index is 12.3. The van der Waals surface area contributed by atoms with Gasteiger partial charge in [-0.15, -0.1) is 0 Å². The van der Waals surface area contributed by atoms with E-state index in [2.05, 4.69) is 33.7 Å². The zero-order valence-electron chi connectivity index (χ0n) is 12.8. The van der Waals surface area contributed by atoms with Gasteiger partial charge in [-0.25, -0.2) is 13.1 Å². The topological polar surface area (TPSA) is 98.3 Å². The minimum atomic E-state index is -3.68. The van der Waals surface area contributed by atoms with Crippen LogP contribution in [-0.2, 0) is 16.6 Å². The van der Waals surface area contributed by atoms with Crippen molar-refractivity contribution in [3.05, 3.63) is 11.3 Å². The van der Waals surface area contributed by atoms with Crippen LogP contribution in [-0.4, -0.2) is 54.3 Å². The molecule has 1 unspecified atom stereocenters. The number of nitrogens with zero attached hydrogens (tertiary/aromatic N) is 2. The maximum Gasteiger partial charge on any atom is 0.260 e. The number of hydrogen-bond donors (Lipinski definition) is 3. The molecule has 1 saturated heterocycles. The molecule has 1 aliphatic heterocycles. The highest BCUT2D eigenvalue weighted by Gasteiger charge is 2.28. The Morgan fingerprint density at radius 1 is 1.52 bits per heavy atom. The van der Waals surface area contributed by atoms with Gasteiger partial charge in [-0.05, 0) is 39.7 Å². The third kappa shape index (κ3) is 3.63. The minimum Gasteiger partial charge on any atom is -0.392 e. The van der Waals surface area contributed by atoms with Gasteiger partial charge in [0.1, 0.15) is 0 Å². The molecule has 8 heteroatoms. The quantitative estimate of drug-likeness (QED) is 0.697. The third-order valence-corrected chi connectivity index (χ3v) is 5.45. The van der Waals surface area contributed by atoms with E-state index < -0.39 is 10.0 Å². The van der Waals surface area contributed by atoms with Crippen molar-refractivity contribution in [3.8, 4) is 0 Å². The van der Waals surface area contributed by atoms with Crippen LogP contribution >= 0.6 is 0 Å². The van der Waals surface area contributed by atoms with Gasteiger partial charge in [-0.1, -0.05) is 0 Å². The molecule has 2 heterocycles. The number of aliphatic hydroxyl groups excluding tert-OH is 1. The number of hydrogen-bond acceptors (Lipinski definition) is 5. The van der Waals surface area contributed by atoms with Gasteiger partial charge in [0.15, 0.2) is 5.03 Å². The fourth-order valence-corrected chi connectivity index (χ4v) is 3.93. The van der Waals surface area contributed by atoms with Crippen molar-refractivity contribution in [2.45, 2.75) is 44.9 Å². The molecule has 1 atom stereocenters. The number of rotatable bonds is 6. The number of H-pyrrole nitrogens is 1. The summed E-state index contributed by atoms with van der Waals surface area (Å²) < 4.78 is 27.2. The van der Waals surface area contributed by atoms with E-state index >= 15 is 0 Å². The molecule has 1 fully saturated rings. The molecule has 1 aromatic rings. The second-order valence-electron chi connectivity index (χ2n) is 5.89. The summed E-state index contributed by atoms with van der Waals surface area (Å²) >= 11 is 0. The van der Waals surface area contributed by atoms with E-state index in [0.717, 1.165) is 19.5 Å². The second-order valence-corrected chi connectivity index (χ2v) is 7.57. The van der Waals surface area contributed by atoms with Crippen LogP contribution in [0.1, 0.15) is 31.5 Å². The van der Waals surface area contributed by atoms with E-state index in [1.165, 1.54) is 0 Å². The molecule has 0 aliphatic carbocycles. The third-order valence-electron chi connectivity index (χ3n) is 4.06. The molecule has 1 aromatic heterocycles. The molecule has 1 aliphatic rings. The highest BCUT2D eigenvalue weighted by Crippen LogP contribution is 2.20. The first-order chi connectivity index (χ1) is 9.85. The first kappa shape index (κ1) is 16.4. The van der Waals surface area contributed by atoms with Crippen molar-refractivity contribution in [1.82, 2.24) is 19.8 Å². The molecule has 0 saturated carbocycles. The van der Waals surface area contributed by atoms with Crippen molar-refractivity contribution in [3.63, 3.8) is 0 Å². The smallest absolute Gasteiger partial charge is 0.260 e. The van der Waals surface area contributed by atoms with Crippen LogP contribution in [0.3, 0.4) is 0 Å². The highest BCUT2D eigenvalue weighted by atomic mass is 32.2. The Balaban J connectivity index is 1.99. The van der Waals surface area contributed by atoms with Gasteiger partial charge in [-0.2, -0.15) is 5.10 Å². The average Bonchev–Trinajstić information content (AvgIpc) is 3.03. The van der Waals surface area contributed by atoms with Crippen LogP contribution in [0.15, 0.2) is 5.03 Å². The molecule has 3 N–H and O–H groups in total. The zero-order chi connectivity index (χ0) is 15.6. The van der Waals surface area contributed by atoms with E-state index in [9.17, 15) is 13.5 Å². The summed E-state index contributed by atoms with van der Waals surface area (Å²) in [6.07, 6.45) is 0.993. The summed E-state index contributed by atoms with van der Waals surface area (Å²) in [5.41, 5.74) is 0.905. The number of aliphatic hydroxyl groups is 1. The maximum absolute atomic E-state index is 12.3. The lowest BCUT2D eigenvalue weighted by molar-refractivity contribution is 0.265. The number of nitrogens with one attached hydrogen (secondary N) is 2. The van der Waals surface area contributed by atoms with Crippen molar-refractivity contribution in [2.75, 3.05) is 19.6 Å². The zero-order valence-corrected chi connectivity index (χ0v) is 13.6. The summed E-state index contributed by atoms with van der Waals surface area (Å²) in [6.45, 7) is 7.96. The van der Waals surface area contributed by atoms with Crippen LogP contribution in [0.4, 0.5) is 0 Å². The summed E-state index contributed by atoms with van der Waals surface area (Å²) in [5.74, 6) is 0.319. The van der Waals surface area contributed by atoms with E-state index in [-0.39, 0.29) is 11.6 Å². The number of aromatic amines is 1. The predicted octanol–water partition coefficient (Wildman–Crippen LogP) is 0.219. The number of aryl methyl sites for hydroxylation is 1. The summed E-state index contributed by atoms with van der Waals surface area (Å²) in [5, 5.41) is 15.6. The van der Waals surface area contributed by atoms with Crippen molar-refractivity contribution < 1.29 is 13.5 Å². The first-order valence-electron chi connectivity index (χ1n) is 7.23. The normalized spacial score (nSPS) is 20.5. The van der Waals surface area contributed by atoms with E-state index in [1.807, 2.05) is 0 Å². The van der Waals surface area contributed by atoms with Gasteiger partial charge in [0.05, 0.1) is 6.61 Å². The summed E-state index contributed by atoms with van der Waals surface area (Å²) in [4.78, 5) is 2.34. The summed E-state index contributed by atoms with van der Waals surface area (Å²) in [6, 6.07) is 0.488. The Labute approximate surface area is 125 Å². The van der Waals surface area contributed by atoms with E-state index in [0.29, 0.717) is 29.8 Å². The van der Waals surface area contributed by atoms with Crippen LogP contribution in [0.2, 0.25) is 0 Å². The number of likely N-dealkylation sites (tertiary alicyclic amines) is 1. The van der Waals surface area contributed by atoms with Crippen molar-refractivity contribution >= 4 is 10.0 Å². The number of sulfonamides is 1. The first-order valence-corrected chi connectivity index (χ1v) is 8.72. The SMILES string of the molecule is Cc1[nH]nc(S(=O)(=O)NCC2CCN(C(C)C)C2)c1CO. The molecule has 21 heavy (non-hydrogen) atoms. The van der Waals surface area contributed by atoms with Crippen LogP contribution < -0.4 is 4.72 Å². The number of aromatic nitrogens is 2. The van der Waals surface area contributed by atoms with Crippen LogP contribution in [0, 0.1) is 12.8 Å². The predicted molar refractivity (Wildman–Crippen MR) is 79.3 cm³/mol. The van der Waals surface area contributed by atoms with Crippen molar-refractivity contribution in [2.24, 2.45) is 5.92 Å². The molecule has 0 bridgehead atoms. The highest BCUT2D eigenvalue weighted by molar-refractivity contribution is 7.89. The Hall–Kier alpha value is -0.960. The Kier molecular flexibility index (Phi) is 5.03. The average molecular weight is 316 g/mol. The van der Waals surface area contributed by atoms with Gasteiger partial charge in [0.2, 0.25) is 0 Å². The molecule has 7 nitrogen and oxygen atoms in total.